The van der Waals surface area contributed by atoms with E-state index in [1.807, 2.05) is 17.0 Å². The minimum atomic E-state index is -0.192. The Morgan fingerprint density at radius 3 is 2.69 bits per heavy atom. The highest BCUT2D eigenvalue weighted by Crippen LogP contribution is 2.11. The Bertz CT molecular complexity index is 772. The van der Waals surface area contributed by atoms with E-state index in [4.69, 9.17) is 0 Å². The van der Waals surface area contributed by atoms with E-state index in [1.54, 1.807) is 12.1 Å². The Morgan fingerprint density at radius 2 is 1.96 bits per heavy atom. The van der Waals surface area contributed by atoms with Crippen molar-refractivity contribution in [3.05, 3.63) is 34.6 Å². The first-order chi connectivity index (χ1) is 12.6. The quantitative estimate of drug-likeness (QED) is 0.611. The average Bonchev–Trinajstić information content (AvgIpc) is 2.65. The molecule has 0 radical (unpaired) electrons. The zero-order valence-corrected chi connectivity index (χ0v) is 16.1. The van der Waals surface area contributed by atoms with Crippen LogP contribution in [-0.4, -0.2) is 38.4 Å². The summed E-state index contributed by atoms with van der Waals surface area (Å²) < 4.78 is 1.30. The molecule has 2 rings (SSSR count). The number of aryl methyl sites for hydroxylation is 1. The number of benzene rings is 1. The second kappa shape index (κ2) is 10.0. The van der Waals surface area contributed by atoms with Gasteiger partial charge in [0.15, 0.2) is 0 Å². The van der Waals surface area contributed by atoms with Gasteiger partial charge < -0.3 is 4.90 Å². The molecular weight excluding hydrogens is 328 g/mol. The van der Waals surface area contributed by atoms with Crippen molar-refractivity contribution in [1.82, 2.24) is 19.9 Å². The van der Waals surface area contributed by atoms with Gasteiger partial charge in [-0.3, -0.25) is 9.59 Å². The number of nitrogens with zero attached hydrogens (tertiary/aromatic N) is 4. The van der Waals surface area contributed by atoms with Crippen molar-refractivity contribution < 1.29 is 4.79 Å². The minimum Gasteiger partial charge on any atom is -0.340 e. The van der Waals surface area contributed by atoms with Crippen LogP contribution in [0.3, 0.4) is 0 Å². The van der Waals surface area contributed by atoms with Crippen molar-refractivity contribution in [3.8, 4) is 0 Å². The van der Waals surface area contributed by atoms with Gasteiger partial charge in [-0.25, -0.2) is 4.68 Å². The van der Waals surface area contributed by atoms with Crippen LogP contribution in [0.25, 0.3) is 10.9 Å². The molecule has 1 unspecified atom stereocenters. The molecule has 0 bridgehead atoms. The van der Waals surface area contributed by atoms with E-state index in [0.29, 0.717) is 10.9 Å². The Morgan fingerprint density at radius 1 is 1.19 bits per heavy atom. The van der Waals surface area contributed by atoms with Crippen LogP contribution in [0.2, 0.25) is 0 Å². The normalized spacial score (nSPS) is 12.3. The molecule has 0 N–H and O–H groups in total. The van der Waals surface area contributed by atoms with E-state index >= 15 is 0 Å². The van der Waals surface area contributed by atoms with Crippen molar-refractivity contribution >= 4 is 16.8 Å². The van der Waals surface area contributed by atoms with Crippen LogP contribution >= 0.6 is 0 Å². The highest BCUT2D eigenvalue weighted by Gasteiger charge is 2.19. The van der Waals surface area contributed by atoms with Gasteiger partial charge in [0, 0.05) is 19.0 Å². The lowest BCUT2D eigenvalue weighted by atomic mass is 10.1. The summed E-state index contributed by atoms with van der Waals surface area (Å²) in [5, 5.41) is 8.59. The summed E-state index contributed by atoms with van der Waals surface area (Å²) in [7, 11) is 0. The monoisotopic (exact) mass is 358 g/mol. The SMILES string of the molecule is CCCCCN(C(=O)CCn1nnc2ccccc2c1=O)C(C)CCC. The summed E-state index contributed by atoms with van der Waals surface area (Å²) in [6, 6.07) is 7.37. The van der Waals surface area contributed by atoms with Crippen LogP contribution < -0.4 is 5.56 Å². The molecule has 142 valence electrons. The number of aromatic nitrogens is 3. The molecule has 6 nitrogen and oxygen atoms in total. The largest absolute Gasteiger partial charge is 0.340 e. The van der Waals surface area contributed by atoms with Crippen molar-refractivity contribution in [2.75, 3.05) is 6.54 Å². The first-order valence-electron chi connectivity index (χ1n) is 9.70. The second-order valence-electron chi connectivity index (χ2n) is 6.82. The van der Waals surface area contributed by atoms with Gasteiger partial charge in [0.1, 0.15) is 5.52 Å². The summed E-state index contributed by atoms with van der Waals surface area (Å²) in [4.78, 5) is 27.2. The molecular formula is C20H30N4O2. The van der Waals surface area contributed by atoms with Crippen LogP contribution in [0, 0.1) is 0 Å². The number of amides is 1. The molecule has 26 heavy (non-hydrogen) atoms. The zero-order chi connectivity index (χ0) is 18.9. The third-order valence-electron chi connectivity index (χ3n) is 4.73. The van der Waals surface area contributed by atoms with Crippen molar-refractivity contribution in [1.29, 1.82) is 0 Å². The molecule has 1 aromatic heterocycles. The maximum Gasteiger partial charge on any atom is 0.277 e. The van der Waals surface area contributed by atoms with Gasteiger partial charge in [0.25, 0.3) is 5.56 Å². The second-order valence-corrected chi connectivity index (χ2v) is 6.82. The topological polar surface area (TPSA) is 68.1 Å². The summed E-state index contributed by atoms with van der Waals surface area (Å²) >= 11 is 0. The predicted molar refractivity (Wildman–Crippen MR) is 104 cm³/mol. The number of carbonyl (C=O) groups excluding carboxylic acids is 1. The maximum absolute atomic E-state index is 12.8. The van der Waals surface area contributed by atoms with Gasteiger partial charge in [0.2, 0.25) is 5.91 Å². The molecule has 2 aromatic rings. The zero-order valence-electron chi connectivity index (χ0n) is 16.1. The fourth-order valence-corrected chi connectivity index (χ4v) is 3.21. The predicted octanol–water partition coefficient (Wildman–Crippen LogP) is 3.39. The number of carbonyl (C=O) groups is 1. The van der Waals surface area contributed by atoms with Crippen molar-refractivity contribution in [3.63, 3.8) is 0 Å². The molecule has 0 spiro atoms. The van der Waals surface area contributed by atoms with Crippen molar-refractivity contribution in [2.45, 2.75) is 71.9 Å². The Kier molecular flexibility index (Phi) is 7.75. The summed E-state index contributed by atoms with van der Waals surface area (Å²) in [6.45, 7) is 7.45. The standard InChI is InChI=1S/C20H30N4O2/c1-4-6-9-14-23(16(3)10-5-2)19(25)13-15-24-20(26)17-11-7-8-12-18(17)21-22-24/h7-8,11-12,16H,4-6,9-10,13-15H2,1-3H3. The molecule has 0 fully saturated rings. The smallest absolute Gasteiger partial charge is 0.277 e. The lowest BCUT2D eigenvalue weighted by Crippen LogP contribution is -2.40. The van der Waals surface area contributed by atoms with Crippen molar-refractivity contribution in [2.24, 2.45) is 0 Å². The van der Waals surface area contributed by atoms with Gasteiger partial charge in [-0.05, 0) is 31.9 Å². The third-order valence-corrected chi connectivity index (χ3v) is 4.73. The third kappa shape index (κ3) is 5.13. The van der Waals surface area contributed by atoms with E-state index in [0.717, 1.165) is 38.6 Å². The first kappa shape index (κ1) is 20.1. The molecule has 0 aliphatic carbocycles. The van der Waals surface area contributed by atoms with Gasteiger partial charge in [-0.2, -0.15) is 0 Å². The lowest BCUT2D eigenvalue weighted by molar-refractivity contribution is -0.133. The minimum absolute atomic E-state index is 0.0870. The molecule has 1 amide bonds. The molecule has 6 heteroatoms. The van der Waals surface area contributed by atoms with Crippen LogP contribution in [0.1, 0.15) is 59.3 Å². The molecule has 1 aromatic carbocycles. The fraction of sp³-hybridized carbons (Fsp3) is 0.600. The Balaban J connectivity index is 2.06. The van der Waals surface area contributed by atoms with Crippen LogP contribution in [0.4, 0.5) is 0 Å². The molecule has 0 aliphatic rings. The van der Waals surface area contributed by atoms with E-state index in [1.165, 1.54) is 4.68 Å². The number of hydrogen-bond donors (Lipinski definition) is 0. The average molecular weight is 358 g/mol. The fourth-order valence-electron chi connectivity index (χ4n) is 3.21. The van der Waals surface area contributed by atoms with E-state index in [9.17, 15) is 9.59 Å². The highest BCUT2D eigenvalue weighted by molar-refractivity contribution is 5.77. The summed E-state index contributed by atoms with van der Waals surface area (Å²) in [6.07, 6.45) is 5.59. The number of hydrogen-bond acceptors (Lipinski definition) is 4. The summed E-state index contributed by atoms with van der Waals surface area (Å²) in [5.74, 6) is 0.0870. The highest BCUT2D eigenvalue weighted by atomic mass is 16.2. The number of fused-ring (bicyclic) bond motifs is 1. The molecule has 1 heterocycles. The van der Waals surface area contributed by atoms with Crippen LogP contribution in [-0.2, 0) is 11.3 Å². The number of unbranched alkanes of at least 4 members (excludes halogenated alkanes) is 2. The van der Waals surface area contributed by atoms with Gasteiger partial charge in [-0.1, -0.05) is 50.5 Å². The number of rotatable bonds is 10. The molecule has 0 saturated heterocycles. The maximum atomic E-state index is 12.8. The first-order valence-corrected chi connectivity index (χ1v) is 9.70. The van der Waals surface area contributed by atoms with E-state index in [-0.39, 0.29) is 30.5 Å². The molecule has 0 saturated carbocycles. The van der Waals surface area contributed by atoms with Crippen LogP contribution in [0.5, 0.6) is 0 Å². The lowest BCUT2D eigenvalue weighted by Gasteiger charge is -2.29. The van der Waals surface area contributed by atoms with E-state index < -0.39 is 0 Å². The Labute approximate surface area is 155 Å². The molecule has 1 atom stereocenters. The summed E-state index contributed by atoms with van der Waals surface area (Å²) in [5.41, 5.74) is 0.389. The van der Waals surface area contributed by atoms with Crippen LogP contribution in [0.15, 0.2) is 29.1 Å². The molecule has 0 aliphatic heterocycles. The van der Waals surface area contributed by atoms with Gasteiger partial charge >= 0.3 is 0 Å². The van der Waals surface area contributed by atoms with Gasteiger partial charge in [0.05, 0.1) is 11.9 Å². The Hall–Kier alpha value is -2.24. The van der Waals surface area contributed by atoms with E-state index in [2.05, 4.69) is 31.1 Å². The van der Waals surface area contributed by atoms with Gasteiger partial charge in [-0.15, -0.1) is 5.10 Å².